The van der Waals surface area contributed by atoms with E-state index in [0.29, 0.717) is 31.6 Å². The highest BCUT2D eigenvalue weighted by Crippen LogP contribution is 2.18. The Labute approximate surface area is 117 Å². The van der Waals surface area contributed by atoms with Gasteiger partial charge < -0.3 is 9.80 Å². The molecule has 1 aliphatic rings. The number of aromatic nitrogens is 1. The maximum atomic E-state index is 12.0. The number of rotatable bonds is 3. The maximum absolute atomic E-state index is 12.0. The van der Waals surface area contributed by atoms with E-state index in [9.17, 15) is 9.59 Å². The number of nitrogens with one attached hydrogen (secondary N) is 1. The first-order chi connectivity index (χ1) is 9.51. The minimum atomic E-state index is -0.577. The summed E-state index contributed by atoms with van der Waals surface area (Å²) < 4.78 is 0. The van der Waals surface area contributed by atoms with E-state index in [-0.39, 0.29) is 5.91 Å². The molecule has 1 aromatic rings. The number of nitrogens with zero attached hydrogens (tertiary/aromatic N) is 3. The molecule has 2 heterocycles. The maximum Gasteiger partial charge on any atom is 0.276 e. The summed E-state index contributed by atoms with van der Waals surface area (Å²) in [7, 11) is 3.71. The number of carbonyl (C=O) groups excluding carboxylic acids is 2. The van der Waals surface area contributed by atoms with Gasteiger partial charge in [0.2, 0.25) is 5.91 Å². The molecule has 0 radical (unpaired) electrons. The number of amides is 2. The van der Waals surface area contributed by atoms with Crippen LogP contribution in [0.5, 0.6) is 0 Å². The van der Waals surface area contributed by atoms with Gasteiger partial charge in [-0.15, -0.1) is 0 Å². The molecular formula is C13H18N4O3. The van der Waals surface area contributed by atoms with Crippen LogP contribution in [-0.2, 0) is 17.8 Å². The molecule has 0 fully saturated rings. The Bertz CT molecular complexity index is 530. The topological polar surface area (TPSA) is 85.8 Å². The predicted molar refractivity (Wildman–Crippen MR) is 71.2 cm³/mol. The number of fused-ring (bicyclic) bond motifs is 1. The first-order valence-corrected chi connectivity index (χ1v) is 6.36. The van der Waals surface area contributed by atoms with Gasteiger partial charge in [-0.25, -0.2) is 5.48 Å². The fourth-order valence-electron chi connectivity index (χ4n) is 2.18. The molecule has 0 saturated carbocycles. The van der Waals surface area contributed by atoms with Gasteiger partial charge in [-0.3, -0.25) is 19.8 Å². The van der Waals surface area contributed by atoms with E-state index in [1.807, 2.05) is 19.0 Å². The molecule has 0 saturated heterocycles. The third-order valence-corrected chi connectivity index (χ3v) is 3.22. The number of carbonyl (C=O) groups is 2. The summed E-state index contributed by atoms with van der Waals surface area (Å²) >= 11 is 0. The van der Waals surface area contributed by atoms with Crippen LogP contribution in [0.1, 0.15) is 21.6 Å². The van der Waals surface area contributed by atoms with Gasteiger partial charge in [0.05, 0.1) is 24.3 Å². The lowest BCUT2D eigenvalue weighted by molar-refractivity contribution is -0.132. The lowest BCUT2D eigenvalue weighted by Crippen LogP contribution is -2.41. The van der Waals surface area contributed by atoms with Crippen LogP contribution >= 0.6 is 0 Å². The van der Waals surface area contributed by atoms with Crippen LogP contribution in [0.3, 0.4) is 0 Å². The monoisotopic (exact) mass is 278 g/mol. The van der Waals surface area contributed by atoms with Crippen molar-refractivity contribution in [1.82, 2.24) is 20.3 Å². The van der Waals surface area contributed by atoms with E-state index in [0.717, 1.165) is 11.3 Å². The van der Waals surface area contributed by atoms with Gasteiger partial charge in [0.25, 0.3) is 5.91 Å². The fraction of sp³-hybridized carbons (Fsp3) is 0.462. The molecule has 108 valence electrons. The summed E-state index contributed by atoms with van der Waals surface area (Å²) in [4.78, 5) is 31.1. The van der Waals surface area contributed by atoms with Gasteiger partial charge in [-0.05, 0) is 32.1 Å². The molecule has 1 aromatic heterocycles. The van der Waals surface area contributed by atoms with Crippen molar-refractivity contribution in [2.75, 3.05) is 27.2 Å². The predicted octanol–water partition coefficient (Wildman–Crippen LogP) is -0.353. The van der Waals surface area contributed by atoms with E-state index < -0.39 is 5.91 Å². The van der Waals surface area contributed by atoms with Crippen LogP contribution in [-0.4, -0.2) is 59.0 Å². The van der Waals surface area contributed by atoms with Gasteiger partial charge in [0.15, 0.2) is 0 Å². The summed E-state index contributed by atoms with van der Waals surface area (Å²) in [5, 5.41) is 8.61. The third kappa shape index (κ3) is 3.12. The Morgan fingerprint density at radius 3 is 2.90 bits per heavy atom. The highest BCUT2D eigenvalue weighted by atomic mass is 16.5. The van der Waals surface area contributed by atoms with Gasteiger partial charge in [-0.2, -0.15) is 0 Å². The van der Waals surface area contributed by atoms with Crippen LogP contribution in [0.15, 0.2) is 12.3 Å². The van der Waals surface area contributed by atoms with E-state index in [2.05, 4.69) is 4.98 Å². The van der Waals surface area contributed by atoms with Crippen LogP contribution in [0.25, 0.3) is 0 Å². The largest absolute Gasteiger partial charge is 0.335 e. The fourth-order valence-corrected chi connectivity index (χ4v) is 2.18. The summed E-state index contributed by atoms with van der Waals surface area (Å²) in [5.41, 5.74) is 3.65. The zero-order chi connectivity index (χ0) is 14.7. The van der Waals surface area contributed by atoms with Gasteiger partial charge in [-0.1, -0.05) is 0 Å². The average Bonchev–Trinajstić information content (AvgIpc) is 2.44. The summed E-state index contributed by atoms with van der Waals surface area (Å²) in [6.45, 7) is 1.45. The summed E-state index contributed by atoms with van der Waals surface area (Å²) in [5.74, 6) is -0.508. The standard InChI is InChI=1S/C13H18N4O3/c1-16(2)8-12(18)17-4-3-9-5-10(13(19)15-20)6-14-11(9)7-17/h5-6,20H,3-4,7-8H2,1-2H3,(H,15,19). The Morgan fingerprint density at radius 2 is 2.25 bits per heavy atom. The van der Waals surface area contributed by atoms with E-state index in [1.54, 1.807) is 16.4 Å². The SMILES string of the molecule is CN(C)CC(=O)N1CCc2cc(C(=O)NO)cnc2C1. The van der Waals surface area contributed by atoms with Crippen molar-refractivity contribution in [3.63, 3.8) is 0 Å². The second-order valence-electron chi connectivity index (χ2n) is 5.07. The molecule has 2 amide bonds. The number of hydrogen-bond donors (Lipinski definition) is 2. The zero-order valence-corrected chi connectivity index (χ0v) is 11.6. The summed E-state index contributed by atoms with van der Waals surface area (Å²) in [6, 6.07) is 1.71. The number of hydroxylamine groups is 1. The third-order valence-electron chi connectivity index (χ3n) is 3.22. The Morgan fingerprint density at radius 1 is 1.50 bits per heavy atom. The molecule has 0 spiro atoms. The van der Waals surface area contributed by atoms with Crippen molar-refractivity contribution in [3.05, 3.63) is 29.1 Å². The molecule has 7 heteroatoms. The van der Waals surface area contributed by atoms with Crippen LogP contribution in [0, 0.1) is 0 Å². The van der Waals surface area contributed by atoms with Gasteiger partial charge in [0, 0.05) is 12.7 Å². The van der Waals surface area contributed by atoms with E-state index in [1.165, 1.54) is 6.20 Å². The zero-order valence-electron chi connectivity index (χ0n) is 11.6. The van der Waals surface area contributed by atoms with E-state index in [4.69, 9.17) is 5.21 Å². The van der Waals surface area contributed by atoms with Crippen molar-refractivity contribution in [2.45, 2.75) is 13.0 Å². The second kappa shape index (κ2) is 5.98. The number of likely N-dealkylation sites (N-methyl/N-ethyl adjacent to an activating group) is 1. The van der Waals surface area contributed by atoms with Crippen LogP contribution < -0.4 is 5.48 Å². The minimum Gasteiger partial charge on any atom is -0.335 e. The van der Waals surface area contributed by atoms with Crippen LogP contribution in [0.2, 0.25) is 0 Å². The quantitative estimate of drug-likeness (QED) is 0.583. The average molecular weight is 278 g/mol. The van der Waals surface area contributed by atoms with Crippen molar-refractivity contribution in [2.24, 2.45) is 0 Å². The smallest absolute Gasteiger partial charge is 0.276 e. The molecule has 0 aromatic carbocycles. The lowest BCUT2D eigenvalue weighted by atomic mass is 10.0. The Hall–Kier alpha value is -1.99. The first kappa shape index (κ1) is 14.4. The summed E-state index contributed by atoms with van der Waals surface area (Å²) in [6.07, 6.45) is 2.07. The highest BCUT2D eigenvalue weighted by molar-refractivity contribution is 5.93. The molecule has 1 aliphatic heterocycles. The normalized spacial score (nSPS) is 14.1. The molecule has 0 atom stereocenters. The lowest BCUT2D eigenvalue weighted by Gasteiger charge is -2.29. The Balaban J connectivity index is 2.11. The van der Waals surface area contributed by atoms with E-state index >= 15 is 0 Å². The molecule has 0 unspecified atom stereocenters. The molecule has 7 nitrogen and oxygen atoms in total. The highest BCUT2D eigenvalue weighted by Gasteiger charge is 2.22. The number of hydrogen-bond acceptors (Lipinski definition) is 5. The first-order valence-electron chi connectivity index (χ1n) is 6.36. The van der Waals surface area contributed by atoms with Crippen molar-refractivity contribution in [1.29, 1.82) is 0 Å². The van der Waals surface area contributed by atoms with Crippen LogP contribution in [0.4, 0.5) is 0 Å². The molecule has 20 heavy (non-hydrogen) atoms. The minimum absolute atomic E-state index is 0.0691. The Kier molecular flexibility index (Phi) is 4.31. The number of pyridine rings is 1. The van der Waals surface area contributed by atoms with Crippen molar-refractivity contribution in [3.8, 4) is 0 Å². The molecule has 2 N–H and O–H groups in total. The van der Waals surface area contributed by atoms with Crippen molar-refractivity contribution >= 4 is 11.8 Å². The molecule has 0 bridgehead atoms. The van der Waals surface area contributed by atoms with Gasteiger partial charge in [0.1, 0.15) is 0 Å². The second-order valence-corrected chi connectivity index (χ2v) is 5.07. The molecular weight excluding hydrogens is 260 g/mol. The van der Waals surface area contributed by atoms with Gasteiger partial charge >= 0.3 is 0 Å². The molecule has 0 aliphatic carbocycles. The van der Waals surface area contributed by atoms with Crippen molar-refractivity contribution < 1.29 is 14.8 Å². The molecule has 2 rings (SSSR count).